The van der Waals surface area contributed by atoms with E-state index in [0.717, 1.165) is 5.56 Å². The van der Waals surface area contributed by atoms with Crippen LogP contribution in [0.15, 0.2) is 48.6 Å². The van der Waals surface area contributed by atoms with E-state index in [1.807, 2.05) is 61.5 Å². The molecular formula is C16H21NO2. The van der Waals surface area contributed by atoms with Crippen molar-refractivity contribution in [1.82, 2.24) is 4.90 Å². The highest BCUT2D eigenvalue weighted by molar-refractivity contribution is 5.86. The average molecular weight is 259 g/mol. The van der Waals surface area contributed by atoms with Gasteiger partial charge in [0.05, 0.1) is 6.04 Å². The van der Waals surface area contributed by atoms with Crippen molar-refractivity contribution in [1.29, 1.82) is 0 Å². The summed E-state index contributed by atoms with van der Waals surface area (Å²) in [6, 6.07) is 10.1. The Morgan fingerprint density at radius 1 is 1.37 bits per heavy atom. The Labute approximate surface area is 115 Å². The van der Waals surface area contributed by atoms with Crippen LogP contribution in [0.2, 0.25) is 0 Å². The third-order valence-electron chi connectivity index (χ3n) is 2.71. The predicted octanol–water partition coefficient (Wildman–Crippen LogP) is 2.75. The first kappa shape index (κ1) is 15.2. The third kappa shape index (κ3) is 5.53. The van der Waals surface area contributed by atoms with Gasteiger partial charge in [0, 0.05) is 5.57 Å². The number of nitrogens with zero attached hydrogens (tertiary/aromatic N) is 1. The highest BCUT2D eigenvalue weighted by Crippen LogP contribution is 2.06. The largest absolute Gasteiger partial charge is 0.460 e. The van der Waals surface area contributed by atoms with E-state index in [4.69, 9.17) is 4.74 Å². The number of hydrogen-bond donors (Lipinski definition) is 0. The van der Waals surface area contributed by atoms with E-state index in [0.29, 0.717) is 12.2 Å². The van der Waals surface area contributed by atoms with Gasteiger partial charge in [-0.3, -0.25) is 4.90 Å². The van der Waals surface area contributed by atoms with Crippen LogP contribution >= 0.6 is 0 Å². The van der Waals surface area contributed by atoms with E-state index in [-0.39, 0.29) is 12.0 Å². The summed E-state index contributed by atoms with van der Waals surface area (Å²) in [6.07, 6.45) is 4.06. The second kappa shape index (κ2) is 7.54. The molecule has 3 heteroatoms. The molecule has 1 aromatic rings. The zero-order valence-corrected chi connectivity index (χ0v) is 11.8. The highest BCUT2D eigenvalue weighted by atomic mass is 16.5. The lowest BCUT2D eigenvalue weighted by Gasteiger charge is -2.20. The van der Waals surface area contributed by atoms with Crippen molar-refractivity contribution in [3.05, 3.63) is 54.1 Å². The number of benzene rings is 1. The maximum absolute atomic E-state index is 11.4. The van der Waals surface area contributed by atoms with E-state index in [9.17, 15) is 4.79 Å². The molecule has 0 bridgehead atoms. The van der Waals surface area contributed by atoms with Crippen molar-refractivity contribution in [3.63, 3.8) is 0 Å². The summed E-state index contributed by atoms with van der Waals surface area (Å²) in [5.41, 5.74) is 1.55. The molecule has 0 radical (unpaired) electrons. The van der Waals surface area contributed by atoms with Gasteiger partial charge in [-0.05, 0) is 26.6 Å². The van der Waals surface area contributed by atoms with Crippen molar-refractivity contribution >= 4 is 12.0 Å². The van der Waals surface area contributed by atoms with Crippen LogP contribution in [0.4, 0.5) is 0 Å². The summed E-state index contributed by atoms with van der Waals surface area (Å²) in [6.45, 7) is 5.53. The van der Waals surface area contributed by atoms with Gasteiger partial charge >= 0.3 is 5.97 Å². The fourth-order valence-corrected chi connectivity index (χ4v) is 1.45. The summed E-state index contributed by atoms with van der Waals surface area (Å²) in [5, 5.41) is 0. The van der Waals surface area contributed by atoms with Crippen molar-refractivity contribution in [2.24, 2.45) is 0 Å². The van der Waals surface area contributed by atoms with Gasteiger partial charge in [0.2, 0.25) is 0 Å². The molecular weight excluding hydrogens is 238 g/mol. The number of carbonyl (C=O) groups excluding carboxylic acids is 1. The predicted molar refractivity (Wildman–Crippen MR) is 78.7 cm³/mol. The first-order valence-corrected chi connectivity index (χ1v) is 6.23. The zero-order chi connectivity index (χ0) is 14.3. The van der Waals surface area contributed by atoms with Gasteiger partial charge in [-0.25, -0.2) is 4.79 Å². The molecule has 0 aromatic heterocycles. The number of esters is 1. The Morgan fingerprint density at radius 2 is 2.00 bits per heavy atom. The summed E-state index contributed by atoms with van der Waals surface area (Å²) >= 11 is 0. The van der Waals surface area contributed by atoms with E-state index in [1.54, 1.807) is 6.92 Å². The Hall–Kier alpha value is -1.87. The molecule has 1 rings (SSSR count). The van der Waals surface area contributed by atoms with Crippen molar-refractivity contribution < 1.29 is 9.53 Å². The van der Waals surface area contributed by atoms with Gasteiger partial charge in [0.15, 0.2) is 0 Å². The average Bonchev–Trinajstić information content (AvgIpc) is 2.39. The second-order valence-corrected chi connectivity index (χ2v) is 4.68. The van der Waals surface area contributed by atoms with Crippen LogP contribution in [0.3, 0.4) is 0 Å². The molecule has 0 aliphatic rings. The molecule has 0 N–H and O–H groups in total. The molecule has 0 saturated heterocycles. The van der Waals surface area contributed by atoms with Crippen LogP contribution in [0.5, 0.6) is 0 Å². The van der Waals surface area contributed by atoms with Crippen molar-refractivity contribution in [2.45, 2.75) is 13.0 Å². The first-order valence-electron chi connectivity index (χ1n) is 6.23. The smallest absolute Gasteiger partial charge is 0.333 e. The number of carbonyl (C=O) groups is 1. The standard InChI is InChI=1S/C16H21NO2/c1-13(2)16(18)19-12-15(17(3)4)11-10-14-8-6-5-7-9-14/h5-11,15H,1,12H2,2-4H3. The molecule has 0 saturated carbocycles. The minimum atomic E-state index is -0.347. The Kier molecular flexibility index (Phi) is 6.03. The summed E-state index contributed by atoms with van der Waals surface area (Å²) in [5.74, 6) is -0.347. The minimum absolute atomic E-state index is 0.0449. The molecule has 0 amide bonds. The molecule has 19 heavy (non-hydrogen) atoms. The lowest BCUT2D eigenvalue weighted by molar-refractivity contribution is -0.139. The van der Waals surface area contributed by atoms with Crippen LogP contribution in [0, 0.1) is 0 Å². The summed E-state index contributed by atoms with van der Waals surface area (Å²) in [7, 11) is 3.91. The Bertz CT molecular complexity index is 449. The van der Waals surface area contributed by atoms with Crippen LogP contribution in [-0.2, 0) is 9.53 Å². The van der Waals surface area contributed by atoms with E-state index in [2.05, 4.69) is 6.58 Å². The molecule has 0 spiro atoms. The van der Waals surface area contributed by atoms with Gasteiger partial charge in [-0.15, -0.1) is 0 Å². The van der Waals surface area contributed by atoms with Crippen molar-refractivity contribution in [3.8, 4) is 0 Å². The summed E-state index contributed by atoms with van der Waals surface area (Å²) in [4.78, 5) is 13.4. The molecule has 1 unspecified atom stereocenters. The SMILES string of the molecule is C=C(C)C(=O)OCC(C=Cc1ccccc1)N(C)C. The van der Waals surface area contributed by atoms with Crippen LogP contribution in [0.1, 0.15) is 12.5 Å². The minimum Gasteiger partial charge on any atom is -0.460 e. The third-order valence-corrected chi connectivity index (χ3v) is 2.71. The van der Waals surface area contributed by atoms with Gasteiger partial charge < -0.3 is 4.74 Å². The molecule has 102 valence electrons. The maximum Gasteiger partial charge on any atom is 0.333 e. The zero-order valence-electron chi connectivity index (χ0n) is 11.8. The molecule has 1 atom stereocenters. The fraction of sp³-hybridized carbons (Fsp3) is 0.312. The maximum atomic E-state index is 11.4. The molecule has 0 aliphatic carbocycles. The monoisotopic (exact) mass is 259 g/mol. The van der Waals surface area contributed by atoms with Gasteiger partial charge in [-0.1, -0.05) is 49.1 Å². The lowest BCUT2D eigenvalue weighted by Crippen LogP contribution is -2.31. The normalized spacial score (nSPS) is 12.6. The van der Waals surface area contributed by atoms with E-state index < -0.39 is 0 Å². The van der Waals surface area contributed by atoms with Crippen LogP contribution < -0.4 is 0 Å². The number of hydrogen-bond acceptors (Lipinski definition) is 3. The molecule has 3 nitrogen and oxygen atoms in total. The molecule has 0 aliphatic heterocycles. The fourth-order valence-electron chi connectivity index (χ4n) is 1.45. The number of ether oxygens (including phenoxy) is 1. The van der Waals surface area contributed by atoms with Gasteiger partial charge in [0.1, 0.15) is 6.61 Å². The summed E-state index contributed by atoms with van der Waals surface area (Å²) < 4.78 is 5.18. The number of rotatable bonds is 6. The number of likely N-dealkylation sites (N-methyl/N-ethyl adjacent to an activating group) is 1. The second-order valence-electron chi connectivity index (χ2n) is 4.68. The Morgan fingerprint density at radius 3 is 2.53 bits per heavy atom. The quantitative estimate of drug-likeness (QED) is 0.581. The van der Waals surface area contributed by atoms with Gasteiger partial charge in [0.25, 0.3) is 0 Å². The van der Waals surface area contributed by atoms with Crippen LogP contribution in [-0.4, -0.2) is 37.6 Å². The first-order chi connectivity index (χ1) is 9.00. The van der Waals surface area contributed by atoms with Gasteiger partial charge in [-0.2, -0.15) is 0 Å². The van der Waals surface area contributed by atoms with Crippen LogP contribution in [0.25, 0.3) is 6.08 Å². The van der Waals surface area contributed by atoms with Crippen molar-refractivity contribution in [2.75, 3.05) is 20.7 Å². The molecule has 0 heterocycles. The highest BCUT2D eigenvalue weighted by Gasteiger charge is 2.11. The van der Waals surface area contributed by atoms with E-state index in [1.165, 1.54) is 0 Å². The molecule has 1 aromatic carbocycles. The molecule has 0 fully saturated rings. The topological polar surface area (TPSA) is 29.5 Å². The Balaban J connectivity index is 2.61. The lowest BCUT2D eigenvalue weighted by atomic mass is 10.1. The van der Waals surface area contributed by atoms with E-state index >= 15 is 0 Å².